The summed E-state index contributed by atoms with van der Waals surface area (Å²) >= 11 is 0. The standard InChI is InChI=1S/C16H9FN4O3/c17-8-4-5-9-11(7-8)19-15(23)12(13(9)22)16-20-14(21-24-16)10-3-1-2-6-18-10/h1-7H,(H2,19,22,23). The van der Waals surface area contributed by atoms with Crippen LogP contribution in [0.2, 0.25) is 0 Å². The lowest BCUT2D eigenvalue weighted by molar-refractivity contribution is 0.425. The van der Waals surface area contributed by atoms with Gasteiger partial charge in [-0.1, -0.05) is 11.2 Å². The van der Waals surface area contributed by atoms with Crippen LogP contribution in [0.15, 0.2) is 51.9 Å². The van der Waals surface area contributed by atoms with Crippen LogP contribution in [-0.2, 0) is 0 Å². The Balaban J connectivity index is 1.90. The molecule has 24 heavy (non-hydrogen) atoms. The zero-order valence-corrected chi connectivity index (χ0v) is 12.0. The van der Waals surface area contributed by atoms with Gasteiger partial charge >= 0.3 is 0 Å². The van der Waals surface area contributed by atoms with Gasteiger partial charge in [0.25, 0.3) is 11.4 Å². The highest BCUT2D eigenvalue weighted by Crippen LogP contribution is 2.32. The molecule has 7 nitrogen and oxygen atoms in total. The van der Waals surface area contributed by atoms with Crippen molar-refractivity contribution < 1.29 is 14.0 Å². The van der Waals surface area contributed by atoms with Gasteiger partial charge in [-0.05, 0) is 30.3 Å². The van der Waals surface area contributed by atoms with Gasteiger partial charge in [0.15, 0.2) is 0 Å². The van der Waals surface area contributed by atoms with Gasteiger partial charge in [-0.2, -0.15) is 4.98 Å². The molecule has 0 radical (unpaired) electrons. The summed E-state index contributed by atoms with van der Waals surface area (Å²) in [6, 6.07) is 8.83. The molecular formula is C16H9FN4O3. The summed E-state index contributed by atoms with van der Waals surface area (Å²) in [7, 11) is 0. The third-order valence-electron chi connectivity index (χ3n) is 3.48. The molecule has 0 aliphatic rings. The van der Waals surface area contributed by atoms with Crippen molar-refractivity contribution in [2.75, 3.05) is 0 Å². The van der Waals surface area contributed by atoms with E-state index >= 15 is 0 Å². The summed E-state index contributed by atoms with van der Waals surface area (Å²) in [6.45, 7) is 0. The summed E-state index contributed by atoms with van der Waals surface area (Å²) in [5.41, 5.74) is -0.206. The SMILES string of the molecule is O=c1[nH]c2cc(F)ccc2c(O)c1-c1nc(-c2ccccn2)no1. The number of aromatic nitrogens is 4. The minimum absolute atomic E-state index is 0.152. The lowest BCUT2D eigenvalue weighted by Crippen LogP contribution is -2.09. The molecule has 4 rings (SSSR count). The van der Waals surface area contributed by atoms with Gasteiger partial charge < -0.3 is 14.6 Å². The van der Waals surface area contributed by atoms with Crippen molar-refractivity contribution in [3.63, 3.8) is 0 Å². The third-order valence-corrected chi connectivity index (χ3v) is 3.48. The lowest BCUT2D eigenvalue weighted by atomic mass is 10.1. The number of pyridine rings is 2. The fraction of sp³-hybridized carbons (Fsp3) is 0. The van der Waals surface area contributed by atoms with Crippen LogP contribution in [0.1, 0.15) is 0 Å². The zero-order valence-electron chi connectivity index (χ0n) is 12.0. The molecule has 0 aliphatic heterocycles. The summed E-state index contributed by atoms with van der Waals surface area (Å²) in [5.74, 6) is -0.852. The Morgan fingerprint density at radius 1 is 1.21 bits per heavy atom. The van der Waals surface area contributed by atoms with E-state index in [0.29, 0.717) is 5.69 Å². The van der Waals surface area contributed by atoms with Crippen molar-refractivity contribution in [1.82, 2.24) is 20.1 Å². The number of hydrogen-bond acceptors (Lipinski definition) is 6. The van der Waals surface area contributed by atoms with Gasteiger partial charge in [-0.3, -0.25) is 9.78 Å². The molecule has 0 bridgehead atoms. The molecule has 0 spiro atoms. The molecule has 3 heterocycles. The van der Waals surface area contributed by atoms with Crippen LogP contribution in [0.4, 0.5) is 4.39 Å². The van der Waals surface area contributed by atoms with E-state index in [9.17, 15) is 14.3 Å². The van der Waals surface area contributed by atoms with Crippen LogP contribution in [0.5, 0.6) is 5.75 Å². The molecule has 0 saturated heterocycles. The lowest BCUT2D eigenvalue weighted by Gasteiger charge is -2.04. The van der Waals surface area contributed by atoms with E-state index in [1.54, 1.807) is 24.4 Å². The smallest absolute Gasteiger partial charge is 0.267 e. The van der Waals surface area contributed by atoms with Crippen LogP contribution in [0, 0.1) is 5.82 Å². The highest BCUT2D eigenvalue weighted by molar-refractivity contribution is 5.90. The molecule has 0 amide bonds. The van der Waals surface area contributed by atoms with Crippen LogP contribution >= 0.6 is 0 Å². The first kappa shape index (κ1) is 14.1. The minimum atomic E-state index is -0.665. The van der Waals surface area contributed by atoms with Gasteiger partial charge in [-0.15, -0.1) is 0 Å². The molecule has 1 aromatic carbocycles. The summed E-state index contributed by atoms with van der Waals surface area (Å²) < 4.78 is 18.3. The van der Waals surface area contributed by atoms with Gasteiger partial charge in [0.1, 0.15) is 22.8 Å². The van der Waals surface area contributed by atoms with Crippen molar-refractivity contribution in [3.05, 3.63) is 58.8 Å². The fourth-order valence-electron chi connectivity index (χ4n) is 2.38. The van der Waals surface area contributed by atoms with Gasteiger partial charge in [0.05, 0.1) is 5.52 Å². The highest BCUT2D eigenvalue weighted by Gasteiger charge is 2.20. The maximum Gasteiger partial charge on any atom is 0.267 e. The molecule has 118 valence electrons. The largest absolute Gasteiger partial charge is 0.506 e. The molecule has 0 aliphatic carbocycles. The van der Waals surface area contributed by atoms with Crippen molar-refractivity contribution >= 4 is 10.9 Å². The number of rotatable bonds is 2. The Morgan fingerprint density at radius 2 is 2.08 bits per heavy atom. The molecular weight excluding hydrogens is 315 g/mol. The number of nitrogens with zero attached hydrogens (tertiary/aromatic N) is 3. The third kappa shape index (κ3) is 2.21. The molecule has 0 fully saturated rings. The Morgan fingerprint density at radius 3 is 2.88 bits per heavy atom. The molecule has 4 aromatic rings. The van der Waals surface area contributed by atoms with Crippen molar-refractivity contribution in [2.45, 2.75) is 0 Å². The van der Waals surface area contributed by atoms with Crippen LogP contribution in [0.25, 0.3) is 33.9 Å². The topological polar surface area (TPSA) is 105 Å². The normalized spacial score (nSPS) is 11.0. The molecule has 8 heteroatoms. The quantitative estimate of drug-likeness (QED) is 0.587. The van der Waals surface area contributed by atoms with Crippen molar-refractivity contribution in [2.24, 2.45) is 0 Å². The first-order valence-corrected chi connectivity index (χ1v) is 6.93. The second-order valence-corrected chi connectivity index (χ2v) is 5.01. The minimum Gasteiger partial charge on any atom is -0.506 e. The first-order valence-electron chi connectivity index (χ1n) is 6.93. The maximum atomic E-state index is 13.3. The molecule has 0 saturated carbocycles. The van der Waals surface area contributed by atoms with E-state index in [4.69, 9.17) is 4.52 Å². The van der Waals surface area contributed by atoms with Crippen molar-refractivity contribution in [3.8, 4) is 28.7 Å². The van der Waals surface area contributed by atoms with Crippen LogP contribution in [0.3, 0.4) is 0 Å². The fourth-order valence-corrected chi connectivity index (χ4v) is 2.38. The second kappa shape index (κ2) is 5.27. The second-order valence-electron chi connectivity index (χ2n) is 5.01. The van der Waals surface area contributed by atoms with Gasteiger partial charge in [0, 0.05) is 11.6 Å². The summed E-state index contributed by atoms with van der Waals surface area (Å²) in [4.78, 5) is 22.9. The number of hydrogen-bond donors (Lipinski definition) is 2. The predicted octanol–water partition coefficient (Wildman–Crippen LogP) is 2.48. The number of benzene rings is 1. The van der Waals surface area contributed by atoms with E-state index in [-0.39, 0.29) is 33.9 Å². The van der Waals surface area contributed by atoms with E-state index in [2.05, 4.69) is 20.1 Å². The predicted molar refractivity (Wildman–Crippen MR) is 82.7 cm³/mol. The summed E-state index contributed by atoms with van der Waals surface area (Å²) in [5, 5.41) is 14.4. The monoisotopic (exact) mass is 324 g/mol. The Hall–Kier alpha value is -3.55. The number of aromatic hydroxyl groups is 1. The highest BCUT2D eigenvalue weighted by atomic mass is 19.1. The molecule has 3 aromatic heterocycles. The van der Waals surface area contributed by atoms with Crippen LogP contribution in [-0.4, -0.2) is 25.2 Å². The van der Waals surface area contributed by atoms with E-state index in [0.717, 1.165) is 6.07 Å². The average molecular weight is 324 g/mol. The Labute approximate surface area is 133 Å². The van der Waals surface area contributed by atoms with Crippen molar-refractivity contribution in [1.29, 1.82) is 0 Å². The zero-order chi connectivity index (χ0) is 16.7. The Bertz CT molecular complexity index is 1110. The number of aromatic amines is 1. The van der Waals surface area contributed by atoms with Gasteiger partial charge in [0.2, 0.25) is 5.82 Å². The molecule has 2 N–H and O–H groups in total. The maximum absolute atomic E-state index is 13.3. The van der Waals surface area contributed by atoms with E-state index < -0.39 is 11.4 Å². The van der Waals surface area contributed by atoms with E-state index in [1.807, 2.05) is 0 Å². The molecule has 0 unspecified atom stereocenters. The molecule has 0 atom stereocenters. The first-order chi connectivity index (χ1) is 11.6. The van der Waals surface area contributed by atoms with Gasteiger partial charge in [-0.25, -0.2) is 4.39 Å². The Kier molecular flexibility index (Phi) is 3.09. The van der Waals surface area contributed by atoms with E-state index in [1.165, 1.54) is 12.1 Å². The number of halogens is 1. The number of nitrogens with one attached hydrogen (secondary N) is 1. The van der Waals surface area contributed by atoms with Crippen LogP contribution < -0.4 is 5.56 Å². The average Bonchev–Trinajstić information content (AvgIpc) is 3.05. The summed E-state index contributed by atoms with van der Waals surface area (Å²) in [6.07, 6.45) is 1.57. The number of H-pyrrole nitrogens is 1. The number of fused-ring (bicyclic) bond motifs is 1.